The zero-order valence-corrected chi connectivity index (χ0v) is 22.4. The number of nitrogens with zero attached hydrogens (tertiary/aromatic N) is 5. The molecule has 0 aromatic rings. The van der Waals surface area contributed by atoms with Crippen LogP contribution in [0.1, 0.15) is 0 Å². The van der Waals surface area contributed by atoms with E-state index in [1.807, 2.05) is 0 Å². The van der Waals surface area contributed by atoms with Gasteiger partial charge >= 0.3 is 5.97 Å². The lowest BCUT2D eigenvalue weighted by Crippen LogP contribution is -2.61. The molecule has 1 saturated heterocycles. The smallest absolute Gasteiger partial charge is 0.317 e. The second-order valence-electron chi connectivity index (χ2n) is 9.87. The molecule has 40 heavy (non-hydrogen) atoms. The van der Waals surface area contributed by atoms with Crippen LogP contribution in [0.3, 0.4) is 0 Å². The average molecular weight is 579 g/mol. The lowest BCUT2D eigenvalue weighted by Gasteiger charge is -2.41. The predicted molar refractivity (Wildman–Crippen MR) is 130 cm³/mol. The summed E-state index contributed by atoms with van der Waals surface area (Å²) in [7, 11) is 0. The van der Waals surface area contributed by atoms with E-state index in [-0.39, 0.29) is 65.4 Å². The van der Waals surface area contributed by atoms with Crippen LogP contribution in [0.15, 0.2) is 0 Å². The van der Waals surface area contributed by atoms with Gasteiger partial charge in [-0.1, -0.05) is 0 Å². The molecule has 1 unspecified atom stereocenters. The first kappa shape index (κ1) is 35.5. The summed E-state index contributed by atoms with van der Waals surface area (Å²) < 4.78 is 0. The zero-order chi connectivity index (χ0) is 30.3. The van der Waals surface area contributed by atoms with E-state index in [0.717, 1.165) is 4.90 Å². The molecular formula is C23H40N5O12-3. The molecule has 1 rings (SSSR count). The first-order chi connectivity index (χ1) is 18.8. The third-order valence-electron chi connectivity index (χ3n) is 6.77. The maximum absolute atomic E-state index is 11.4. The molecule has 0 aromatic carbocycles. The number of carbonyl (C=O) groups is 4. The summed E-state index contributed by atoms with van der Waals surface area (Å²) in [6.45, 7) is -3.49. The van der Waals surface area contributed by atoms with Crippen LogP contribution in [-0.2, 0) is 19.2 Å². The van der Waals surface area contributed by atoms with Crippen molar-refractivity contribution in [2.45, 2.75) is 11.6 Å². The fraction of sp³-hybridized carbons (Fsp3) is 0.826. The van der Waals surface area contributed by atoms with E-state index in [2.05, 4.69) is 0 Å². The van der Waals surface area contributed by atoms with Gasteiger partial charge in [0.2, 0.25) is 0 Å². The Bertz CT molecular complexity index is 775. The molecule has 1 atom stereocenters. The van der Waals surface area contributed by atoms with E-state index in [9.17, 15) is 60.0 Å². The molecule has 17 nitrogen and oxygen atoms in total. The molecule has 1 heterocycles. The van der Waals surface area contributed by atoms with Crippen molar-refractivity contribution in [3.8, 4) is 0 Å². The van der Waals surface area contributed by atoms with Gasteiger partial charge in [0, 0.05) is 85.1 Å². The Hall–Kier alpha value is -2.48. The van der Waals surface area contributed by atoms with Crippen LogP contribution in [0.4, 0.5) is 0 Å². The minimum atomic E-state index is -1.71. The summed E-state index contributed by atoms with van der Waals surface area (Å²) in [4.78, 5) is 52.5. The highest BCUT2D eigenvalue weighted by atomic mass is 16.4. The van der Waals surface area contributed by atoms with E-state index in [1.54, 1.807) is 4.90 Å². The Morgan fingerprint density at radius 2 is 1.00 bits per heavy atom. The predicted octanol–water partition coefficient (Wildman–Crippen LogP) is -9.08. The van der Waals surface area contributed by atoms with Crippen molar-refractivity contribution in [3.05, 3.63) is 0 Å². The van der Waals surface area contributed by atoms with Gasteiger partial charge < -0.3 is 55.2 Å². The lowest BCUT2D eigenvalue weighted by molar-refractivity contribution is -0.308. The fourth-order valence-electron chi connectivity index (χ4n) is 4.43. The van der Waals surface area contributed by atoms with Crippen molar-refractivity contribution < 1.29 is 60.0 Å². The maximum Gasteiger partial charge on any atom is 0.317 e. The second kappa shape index (κ2) is 18.1. The SMILES string of the molecule is O=C([O-])CN1CCN(CC(=O)[O-])CCN(CC(O)CN(CC(=O)O)C(CO)(CO)CO)CCN(CC(=O)[O-])CC1. The van der Waals surface area contributed by atoms with Crippen molar-refractivity contribution in [3.63, 3.8) is 0 Å². The van der Waals surface area contributed by atoms with Crippen LogP contribution in [0, 0.1) is 0 Å². The van der Waals surface area contributed by atoms with Crippen molar-refractivity contribution in [2.24, 2.45) is 0 Å². The largest absolute Gasteiger partial charge is 0.549 e. The highest BCUT2D eigenvalue weighted by Crippen LogP contribution is 2.15. The Morgan fingerprint density at radius 3 is 1.27 bits per heavy atom. The molecule has 0 aromatic heterocycles. The van der Waals surface area contributed by atoms with Gasteiger partial charge in [-0.05, 0) is 0 Å². The van der Waals surface area contributed by atoms with Crippen molar-refractivity contribution in [2.75, 3.05) is 111 Å². The van der Waals surface area contributed by atoms with Gasteiger partial charge in [0.15, 0.2) is 0 Å². The molecule has 0 saturated carbocycles. The van der Waals surface area contributed by atoms with Gasteiger partial charge in [-0.2, -0.15) is 0 Å². The minimum absolute atomic E-state index is 0.0797. The van der Waals surface area contributed by atoms with Crippen LogP contribution >= 0.6 is 0 Å². The Morgan fingerprint density at radius 1 is 0.675 bits per heavy atom. The highest BCUT2D eigenvalue weighted by molar-refractivity contribution is 5.69. The number of rotatable bonds is 16. The summed E-state index contributed by atoms with van der Waals surface area (Å²) in [5.74, 6) is -5.35. The van der Waals surface area contributed by atoms with Gasteiger partial charge in [-0.3, -0.25) is 29.3 Å². The van der Waals surface area contributed by atoms with E-state index in [4.69, 9.17) is 0 Å². The molecule has 0 aliphatic carbocycles. The van der Waals surface area contributed by atoms with Gasteiger partial charge in [-0.25, -0.2) is 0 Å². The molecule has 1 aliphatic rings. The number of carboxylic acid groups (broad SMARTS) is 4. The van der Waals surface area contributed by atoms with Crippen molar-refractivity contribution in [1.82, 2.24) is 24.5 Å². The van der Waals surface area contributed by atoms with Crippen LogP contribution in [0.5, 0.6) is 0 Å². The molecule has 0 radical (unpaired) electrons. The topological polar surface area (TPSA) is 255 Å². The number of aliphatic carboxylic acids is 4. The molecule has 0 amide bonds. The number of hydrogen-bond donors (Lipinski definition) is 5. The monoisotopic (exact) mass is 578 g/mol. The third-order valence-corrected chi connectivity index (χ3v) is 6.77. The molecule has 5 N–H and O–H groups in total. The summed E-state index contributed by atoms with van der Waals surface area (Å²) in [5, 5.41) is 83.1. The quantitative estimate of drug-likeness (QED) is 0.114. The van der Waals surface area contributed by atoms with Crippen LogP contribution in [0.25, 0.3) is 0 Å². The molecule has 0 bridgehead atoms. The number of hydrogen-bond acceptors (Lipinski definition) is 16. The van der Waals surface area contributed by atoms with Gasteiger partial charge in [0.05, 0.1) is 55.9 Å². The number of β-amino-alcohol motifs (C(OH)–C–C–N with tert-alkyl or cyclic N) is 1. The molecule has 232 valence electrons. The Balaban J connectivity index is 3.11. The van der Waals surface area contributed by atoms with E-state index in [1.165, 1.54) is 14.7 Å². The van der Waals surface area contributed by atoms with Crippen molar-refractivity contribution in [1.29, 1.82) is 0 Å². The van der Waals surface area contributed by atoms with E-state index in [0.29, 0.717) is 0 Å². The average Bonchev–Trinajstić information content (AvgIpc) is 2.85. The molecular weight excluding hydrogens is 538 g/mol. The Kier molecular flexibility index (Phi) is 16.0. The lowest BCUT2D eigenvalue weighted by atomic mass is 9.99. The molecule has 1 fully saturated rings. The Labute approximate surface area is 232 Å². The summed E-state index contributed by atoms with van der Waals surface area (Å²) >= 11 is 0. The second-order valence-corrected chi connectivity index (χ2v) is 9.87. The summed E-state index contributed by atoms with van der Waals surface area (Å²) in [5.41, 5.74) is -1.71. The van der Waals surface area contributed by atoms with Gasteiger partial charge in [0.1, 0.15) is 0 Å². The molecule has 0 spiro atoms. The zero-order valence-electron chi connectivity index (χ0n) is 22.4. The van der Waals surface area contributed by atoms with Gasteiger partial charge in [0.25, 0.3) is 0 Å². The van der Waals surface area contributed by atoms with Gasteiger partial charge in [-0.15, -0.1) is 0 Å². The summed E-state index contributed by atoms with van der Waals surface area (Å²) in [6.07, 6.45) is -1.25. The van der Waals surface area contributed by atoms with Crippen LogP contribution in [-0.4, -0.2) is 197 Å². The maximum atomic E-state index is 11.4. The fourth-order valence-corrected chi connectivity index (χ4v) is 4.43. The number of aliphatic hydroxyl groups excluding tert-OH is 4. The first-order valence-corrected chi connectivity index (χ1v) is 12.8. The normalized spacial score (nSPS) is 18.6. The minimum Gasteiger partial charge on any atom is -0.549 e. The third kappa shape index (κ3) is 13.2. The van der Waals surface area contributed by atoms with Crippen LogP contribution < -0.4 is 15.3 Å². The highest BCUT2D eigenvalue weighted by Gasteiger charge is 2.37. The van der Waals surface area contributed by atoms with E-state index >= 15 is 0 Å². The standard InChI is InChI=1S/C23H43N5O12/c29-15-23(16-30,17-31)28(14-22(39)40)10-18(32)9-24-1-3-25(11-19(33)34)5-7-27(13-21(37)38)8-6-26(4-2-24)12-20(35)36/h18,29-32H,1-17H2,(H,33,34)(H,35,36)(H,37,38)(H,39,40)/p-3. The molecule has 17 heteroatoms. The molecule has 1 aliphatic heterocycles. The summed E-state index contributed by atoms with van der Waals surface area (Å²) in [6, 6.07) is 0. The first-order valence-electron chi connectivity index (χ1n) is 12.8. The van der Waals surface area contributed by atoms with E-state index < -0.39 is 81.5 Å². The van der Waals surface area contributed by atoms with Crippen LogP contribution in [0.2, 0.25) is 0 Å². The van der Waals surface area contributed by atoms with Crippen molar-refractivity contribution >= 4 is 23.9 Å². The number of carbonyl (C=O) groups excluding carboxylic acids is 3. The number of carboxylic acids is 4. The number of aliphatic hydroxyl groups is 4.